The Morgan fingerprint density at radius 3 is 2.52 bits per heavy atom. The molecule has 0 aliphatic rings. The fraction of sp³-hybridized carbons (Fsp3) is 0.529. The van der Waals surface area contributed by atoms with Gasteiger partial charge in [-0.3, -0.25) is 4.79 Å². The highest BCUT2D eigenvalue weighted by atomic mass is 32.2. The van der Waals surface area contributed by atoms with E-state index in [9.17, 15) is 18.0 Å². The number of hydrogen-bond donors (Lipinski definition) is 1. The second-order valence-corrected chi connectivity index (χ2v) is 7.78. The van der Waals surface area contributed by atoms with Crippen LogP contribution in [-0.4, -0.2) is 26.8 Å². The van der Waals surface area contributed by atoms with E-state index < -0.39 is 11.7 Å². The normalized spacial score (nSPS) is 12.6. The number of thioether (sulfide) groups is 1. The first kappa shape index (κ1) is 19.6. The summed E-state index contributed by atoms with van der Waals surface area (Å²) in [5.74, 6) is 0.0276. The minimum Gasteiger partial charge on any atom is -0.351 e. The van der Waals surface area contributed by atoms with E-state index in [1.165, 1.54) is 17.8 Å². The first-order valence-electron chi connectivity index (χ1n) is 8.02. The lowest BCUT2D eigenvalue weighted by Crippen LogP contribution is -2.41. The topological polar surface area (TPSA) is 46.9 Å². The average Bonchev–Trinajstić information content (AvgIpc) is 2.80. The van der Waals surface area contributed by atoms with Gasteiger partial charge in [0.2, 0.25) is 5.91 Å². The lowest BCUT2D eigenvalue weighted by molar-refractivity contribution is -0.137. The molecule has 1 aromatic heterocycles. The van der Waals surface area contributed by atoms with Crippen molar-refractivity contribution < 1.29 is 18.0 Å². The Hall–Kier alpha value is -1.70. The molecular formula is C17H22F3N3OS. The standard InChI is InChI=1S/C17H22F3N3OS/c1-5-8-23-13-9-11(17(18,19)20)6-7-12(13)21-15(23)25-10-14(24)22-16(2,3)4/h6-7,9H,5,8,10H2,1-4H3,(H,22,24). The molecule has 1 N–H and O–H groups in total. The highest BCUT2D eigenvalue weighted by Gasteiger charge is 2.31. The maximum Gasteiger partial charge on any atom is 0.416 e. The molecule has 2 aromatic rings. The van der Waals surface area contributed by atoms with Crippen LogP contribution in [0.15, 0.2) is 23.4 Å². The van der Waals surface area contributed by atoms with E-state index in [1.807, 2.05) is 27.7 Å². The number of halogens is 3. The van der Waals surface area contributed by atoms with Gasteiger partial charge in [0.05, 0.1) is 22.3 Å². The number of aryl methyl sites for hydroxylation is 1. The summed E-state index contributed by atoms with van der Waals surface area (Å²) < 4.78 is 40.6. The summed E-state index contributed by atoms with van der Waals surface area (Å²) in [7, 11) is 0. The Labute approximate surface area is 149 Å². The van der Waals surface area contributed by atoms with Crippen molar-refractivity contribution in [2.24, 2.45) is 0 Å². The predicted molar refractivity (Wildman–Crippen MR) is 93.6 cm³/mol. The Balaban J connectivity index is 2.30. The zero-order valence-electron chi connectivity index (χ0n) is 14.7. The number of nitrogens with zero attached hydrogens (tertiary/aromatic N) is 2. The Kier molecular flexibility index (Phi) is 5.71. The van der Waals surface area contributed by atoms with Gasteiger partial charge in [0, 0.05) is 12.1 Å². The Bertz CT molecular complexity index is 763. The number of imidazole rings is 1. The highest BCUT2D eigenvalue weighted by molar-refractivity contribution is 7.99. The van der Waals surface area contributed by atoms with Crippen molar-refractivity contribution in [3.63, 3.8) is 0 Å². The molecular weight excluding hydrogens is 351 g/mol. The lowest BCUT2D eigenvalue weighted by atomic mass is 10.1. The first-order valence-corrected chi connectivity index (χ1v) is 9.01. The highest BCUT2D eigenvalue weighted by Crippen LogP contribution is 2.33. The van der Waals surface area contributed by atoms with Crippen LogP contribution in [0.3, 0.4) is 0 Å². The van der Waals surface area contributed by atoms with Gasteiger partial charge in [0.1, 0.15) is 0 Å². The van der Waals surface area contributed by atoms with Crippen molar-refractivity contribution in [3.8, 4) is 0 Å². The van der Waals surface area contributed by atoms with Gasteiger partial charge >= 0.3 is 6.18 Å². The quantitative estimate of drug-likeness (QED) is 0.787. The third kappa shape index (κ3) is 5.14. The van der Waals surface area contributed by atoms with E-state index in [-0.39, 0.29) is 17.2 Å². The van der Waals surface area contributed by atoms with Gasteiger partial charge < -0.3 is 9.88 Å². The third-order valence-electron chi connectivity index (χ3n) is 3.33. The van der Waals surface area contributed by atoms with Gasteiger partial charge in [-0.05, 0) is 45.4 Å². The Morgan fingerprint density at radius 2 is 1.96 bits per heavy atom. The molecule has 8 heteroatoms. The first-order chi connectivity index (χ1) is 11.5. The van der Waals surface area contributed by atoms with Crippen molar-refractivity contribution >= 4 is 28.7 Å². The van der Waals surface area contributed by atoms with Gasteiger partial charge in [0.25, 0.3) is 0 Å². The number of hydrogen-bond acceptors (Lipinski definition) is 3. The van der Waals surface area contributed by atoms with E-state index in [2.05, 4.69) is 10.3 Å². The SMILES string of the molecule is CCCn1c(SCC(=O)NC(C)(C)C)nc2ccc(C(F)(F)F)cc21. The van der Waals surface area contributed by atoms with Gasteiger partial charge in [0.15, 0.2) is 5.16 Å². The van der Waals surface area contributed by atoms with Crippen LogP contribution in [0.2, 0.25) is 0 Å². The number of carbonyl (C=O) groups excluding carboxylic acids is 1. The number of amides is 1. The van der Waals surface area contributed by atoms with E-state index in [1.54, 1.807) is 4.57 Å². The molecule has 0 aliphatic heterocycles. The number of fused-ring (bicyclic) bond motifs is 1. The molecule has 1 heterocycles. The zero-order valence-corrected chi connectivity index (χ0v) is 15.5. The summed E-state index contributed by atoms with van der Waals surface area (Å²) in [6.45, 7) is 8.16. The lowest BCUT2D eigenvalue weighted by Gasteiger charge is -2.20. The van der Waals surface area contributed by atoms with Crippen LogP contribution in [0.5, 0.6) is 0 Å². The molecule has 4 nitrogen and oxygen atoms in total. The van der Waals surface area contributed by atoms with Crippen LogP contribution in [0.1, 0.15) is 39.7 Å². The fourth-order valence-electron chi connectivity index (χ4n) is 2.41. The molecule has 0 spiro atoms. The van der Waals surface area contributed by atoms with Crippen LogP contribution < -0.4 is 5.32 Å². The predicted octanol–water partition coefficient (Wildman–Crippen LogP) is 4.47. The van der Waals surface area contributed by atoms with Gasteiger partial charge in [-0.15, -0.1) is 0 Å². The van der Waals surface area contributed by atoms with Crippen molar-refractivity contribution in [3.05, 3.63) is 23.8 Å². The van der Waals surface area contributed by atoms with E-state index >= 15 is 0 Å². The summed E-state index contributed by atoms with van der Waals surface area (Å²) in [6, 6.07) is 3.53. The van der Waals surface area contributed by atoms with Crippen LogP contribution in [-0.2, 0) is 17.5 Å². The summed E-state index contributed by atoms with van der Waals surface area (Å²) in [5, 5.41) is 3.41. The molecule has 1 amide bonds. The molecule has 1 aromatic carbocycles. The number of rotatable bonds is 5. The number of alkyl halides is 3. The minimum atomic E-state index is -4.39. The molecule has 138 valence electrons. The monoisotopic (exact) mass is 373 g/mol. The van der Waals surface area contributed by atoms with E-state index in [4.69, 9.17) is 0 Å². The number of benzene rings is 1. The zero-order chi connectivity index (χ0) is 18.8. The molecule has 0 bridgehead atoms. The molecule has 0 aliphatic carbocycles. The molecule has 0 fully saturated rings. The summed E-state index contributed by atoms with van der Waals surface area (Å²) in [4.78, 5) is 16.4. The average molecular weight is 373 g/mol. The molecule has 0 atom stereocenters. The molecule has 0 radical (unpaired) electrons. The summed E-state index contributed by atoms with van der Waals surface area (Å²) in [6.07, 6.45) is -3.64. The van der Waals surface area contributed by atoms with Crippen molar-refractivity contribution in [2.75, 3.05) is 5.75 Å². The van der Waals surface area contributed by atoms with E-state index in [0.717, 1.165) is 18.6 Å². The van der Waals surface area contributed by atoms with Crippen LogP contribution in [0.4, 0.5) is 13.2 Å². The second kappa shape index (κ2) is 7.27. The Morgan fingerprint density at radius 1 is 1.28 bits per heavy atom. The molecule has 0 saturated heterocycles. The van der Waals surface area contributed by atoms with Crippen molar-refractivity contribution in [2.45, 2.75) is 57.5 Å². The van der Waals surface area contributed by atoms with Gasteiger partial charge in [-0.2, -0.15) is 13.2 Å². The number of carbonyl (C=O) groups is 1. The van der Waals surface area contributed by atoms with Crippen LogP contribution in [0, 0.1) is 0 Å². The number of aromatic nitrogens is 2. The van der Waals surface area contributed by atoms with Crippen molar-refractivity contribution in [1.82, 2.24) is 14.9 Å². The summed E-state index contributed by atoms with van der Waals surface area (Å²) in [5.41, 5.74) is -0.0853. The van der Waals surface area contributed by atoms with Crippen LogP contribution in [0.25, 0.3) is 11.0 Å². The molecule has 0 saturated carbocycles. The van der Waals surface area contributed by atoms with E-state index in [0.29, 0.717) is 22.7 Å². The molecule has 0 unspecified atom stereocenters. The smallest absolute Gasteiger partial charge is 0.351 e. The molecule has 2 rings (SSSR count). The maximum absolute atomic E-state index is 13.0. The minimum absolute atomic E-state index is 0.136. The van der Waals surface area contributed by atoms with Gasteiger partial charge in [-0.25, -0.2) is 4.98 Å². The van der Waals surface area contributed by atoms with Gasteiger partial charge in [-0.1, -0.05) is 18.7 Å². The van der Waals surface area contributed by atoms with Crippen LogP contribution >= 0.6 is 11.8 Å². The van der Waals surface area contributed by atoms with Crippen molar-refractivity contribution in [1.29, 1.82) is 0 Å². The maximum atomic E-state index is 13.0. The second-order valence-electron chi connectivity index (χ2n) is 6.83. The molecule has 25 heavy (non-hydrogen) atoms. The largest absolute Gasteiger partial charge is 0.416 e. The third-order valence-corrected chi connectivity index (χ3v) is 4.31. The fourth-order valence-corrected chi connectivity index (χ4v) is 3.25. The number of nitrogens with one attached hydrogen (secondary N) is 1. The summed E-state index contributed by atoms with van der Waals surface area (Å²) >= 11 is 1.23.